The topological polar surface area (TPSA) is 92.5 Å². The molecule has 96 valence electrons. The molecule has 0 saturated heterocycles. The molecule has 7 heteroatoms. The number of carboxylic acids is 1. The average molecular weight is 362 g/mol. The molecule has 1 aromatic rings. The van der Waals surface area contributed by atoms with E-state index in [1.165, 1.54) is 12.1 Å². The lowest BCUT2D eigenvalue weighted by Crippen LogP contribution is -2.52. The van der Waals surface area contributed by atoms with E-state index >= 15 is 0 Å². The van der Waals surface area contributed by atoms with Crippen LogP contribution in [0.5, 0.6) is 0 Å². The lowest BCUT2D eigenvalue weighted by atomic mass is 9.76. The second kappa shape index (κ2) is 4.71. The summed E-state index contributed by atoms with van der Waals surface area (Å²) in [5.41, 5.74) is -0.276. The number of benzene rings is 1. The molecular formula is C11H11IN2O4. The Morgan fingerprint density at radius 3 is 2.56 bits per heavy atom. The summed E-state index contributed by atoms with van der Waals surface area (Å²) in [5.74, 6) is -0.872. The molecule has 2 N–H and O–H groups in total. The van der Waals surface area contributed by atoms with E-state index in [4.69, 9.17) is 0 Å². The van der Waals surface area contributed by atoms with Crippen LogP contribution < -0.4 is 5.32 Å². The van der Waals surface area contributed by atoms with Crippen molar-refractivity contribution in [2.75, 3.05) is 5.32 Å². The van der Waals surface area contributed by atoms with Crippen LogP contribution in [0, 0.1) is 13.7 Å². The highest BCUT2D eigenvalue weighted by Crippen LogP contribution is 2.37. The molecule has 1 aliphatic rings. The minimum Gasteiger partial charge on any atom is -0.480 e. The smallest absolute Gasteiger partial charge is 0.329 e. The van der Waals surface area contributed by atoms with E-state index in [0.717, 1.165) is 6.42 Å². The van der Waals surface area contributed by atoms with E-state index in [1.807, 2.05) is 22.6 Å². The Morgan fingerprint density at radius 1 is 1.50 bits per heavy atom. The molecule has 2 rings (SSSR count). The highest BCUT2D eigenvalue weighted by Gasteiger charge is 2.44. The van der Waals surface area contributed by atoms with E-state index in [1.54, 1.807) is 6.07 Å². The molecule has 1 fully saturated rings. The van der Waals surface area contributed by atoms with Gasteiger partial charge < -0.3 is 10.4 Å². The van der Waals surface area contributed by atoms with Gasteiger partial charge in [-0.05, 0) is 47.9 Å². The quantitative estimate of drug-likeness (QED) is 0.488. The first-order valence-electron chi connectivity index (χ1n) is 5.40. The molecule has 0 amide bonds. The molecule has 1 saturated carbocycles. The zero-order valence-electron chi connectivity index (χ0n) is 9.35. The fourth-order valence-corrected chi connectivity index (χ4v) is 2.53. The third kappa shape index (κ3) is 2.26. The van der Waals surface area contributed by atoms with E-state index < -0.39 is 16.4 Å². The molecule has 18 heavy (non-hydrogen) atoms. The fourth-order valence-electron chi connectivity index (χ4n) is 1.90. The molecule has 0 atom stereocenters. The monoisotopic (exact) mass is 362 g/mol. The summed E-state index contributed by atoms with van der Waals surface area (Å²) in [5, 5.41) is 22.8. The number of rotatable bonds is 4. The Morgan fingerprint density at radius 2 is 2.17 bits per heavy atom. The second-order valence-corrected chi connectivity index (χ2v) is 5.45. The first-order valence-corrected chi connectivity index (χ1v) is 6.48. The van der Waals surface area contributed by atoms with Crippen LogP contribution in [0.3, 0.4) is 0 Å². The van der Waals surface area contributed by atoms with Gasteiger partial charge >= 0.3 is 5.97 Å². The van der Waals surface area contributed by atoms with Gasteiger partial charge in [0.05, 0.1) is 4.92 Å². The molecule has 0 aromatic heterocycles. The number of non-ortho nitro benzene ring substituents is 1. The van der Waals surface area contributed by atoms with Crippen LogP contribution in [0.15, 0.2) is 18.2 Å². The van der Waals surface area contributed by atoms with Crippen LogP contribution in [0.4, 0.5) is 11.4 Å². The van der Waals surface area contributed by atoms with E-state index in [-0.39, 0.29) is 5.69 Å². The lowest BCUT2D eigenvalue weighted by molar-refractivity contribution is -0.384. The Labute approximate surface area is 117 Å². The second-order valence-electron chi connectivity index (χ2n) is 4.29. The Hall–Kier alpha value is -1.38. The van der Waals surface area contributed by atoms with Crippen molar-refractivity contribution < 1.29 is 14.8 Å². The number of nitrogens with zero attached hydrogens (tertiary/aromatic N) is 1. The summed E-state index contributed by atoms with van der Waals surface area (Å²) in [6.07, 6.45) is 2.04. The summed E-state index contributed by atoms with van der Waals surface area (Å²) >= 11 is 1.96. The van der Waals surface area contributed by atoms with Crippen molar-refractivity contribution in [3.8, 4) is 0 Å². The molecule has 1 aromatic carbocycles. The van der Waals surface area contributed by atoms with Gasteiger partial charge in [-0.3, -0.25) is 10.1 Å². The van der Waals surface area contributed by atoms with Crippen molar-refractivity contribution in [3.05, 3.63) is 31.9 Å². The minimum absolute atomic E-state index is 0.00272. The zero-order chi connectivity index (χ0) is 13.3. The molecule has 0 radical (unpaired) electrons. The van der Waals surface area contributed by atoms with Gasteiger partial charge in [0.15, 0.2) is 0 Å². The van der Waals surface area contributed by atoms with Crippen molar-refractivity contribution in [3.63, 3.8) is 0 Å². The van der Waals surface area contributed by atoms with Gasteiger partial charge in [-0.1, -0.05) is 0 Å². The van der Waals surface area contributed by atoms with Crippen LogP contribution in [0.2, 0.25) is 0 Å². The van der Waals surface area contributed by atoms with Crippen molar-refractivity contribution in [1.29, 1.82) is 0 Å². The van der Waals surface area contributed by atoms with Gasteiger partial charge in [0, 0.05) is 21.4 Å². The molecule has 0 bridgehead atoms. The number of hydrogen-bond acceptors (Lipinski definition) is 4. The molecule has 0 aliphatic heterocycles. The third-order valence-electron chi connectivity index (χ3n) is 3.15. The number of nitro groups is 1. The summed E-state index contributed by atoms with van der Waals surface area (Å²) < 4.78 is 0.648. The van der Waals surface area contributed by atoms with E-state index in [2.05, 4.69) is 5.32 Å². The first-order chi connectivity index (χ1) is 8.44. The number of halogens is 1. The average Bonchev–Trinajstić information content (AvgIpc) is 2.24. The largest absolute Gasteiger partial charge is 0.480 e. The number of nitrogens with one attached hydrogen (secondary N) is 1. The maximum absolute atomic E-state index is 11.2. The van der Waals surface area contributed by atoms with Crippen LogP contribution in [0.1, 0.15) is 19.3 Å². The summed E-state index contributed by atoms with van der Waals surface area (Å²) in [6.45, 7) is 0. The Kier molecular flexibility index (Phi) is 3.42. The summed E-state index contributed by atoms with van der Waals surface area (Å²) in [6, 6.07) is 4.36. The van der Waals surface area contributed by atoms with Crippen LogP contribution in [-0.4, -0.2) is 21.5 Å². The number of aliphatic carboxylic acids is 1. The molecule has 0 heterocycles. The van der Waals surface area contributed by atoms with Gasteiger partial charge in [0.2, 0.25) is 0 Å². The summed E-state index contributed by atoms with van der Waals surface area (Å²) in [4.78, 5) is 21.4. The maximum Gasteiger partial charge on any atom is 0.329 e. The van der Waals surface area contributed by atoms with Gasteiger partial charge in [0.1, 0.15) is 5.54 Å². The van der Waals surface area contributed by atoms with E-state index in [9.17, 15) is 20.0 Å². The number of nitro benzene ring substituents is 1. The lowest BCUT2D eigenvalue weighted by Gasteiger charge is -2.39. The maximum atomic E-state index is 11.2. The van der Waals surface area contributed by atoms with E-state index in [0.29, 0.717) is 22.1 Å². The van der Waals surface area contributed by atoms with Gasteiger partial charge in [0.25, 0.3) is 5.69 Å². The fraction of sp³-hybridized carbons (Fsp3) is 0.364. The Balaban J connectivity index is 2.24. The Bertz CT molecular complexity index is 514. The number of carbonyl (C=O) groups is 1. The number of carboxylic acid groups (broad SMARTS) is 1. The van der Waals surface area contributed by atoms with Crippen molar-refractivity contribution >= 4 is 39.9 Å². The molecule has 0 spiro atoms. The third-order valence-corrected chi connectivity index (χ3v) is 4.05. The normalized spacial score (nSPS) is 16.7. The highest BCUT2D eigenvalue weighted by atomic mass is 127. The van der Waals surface area contributed by atoms with Crippen LogP contribution in [-0.2, 0) is 4.79 Å². The first kappa shape index (κ1) is 13.1. The zero-order valence-corrected chi connectivity index (χ0v) is 11.5. The van der Waals surface area contributed by atoms with Gasteiger partial charge in [-0.15, -0.1) is 0 Å². The van der Waals surface area contributed by atoms with Crippen LogP contribution >= 0.6 is 22.6 Å². The predicted octanol–water partition coefficient (Wildman–Crippen LogP) is 2.62. The van der Waals surface area contributed by atoms with Gasteiger partial charge in [-0.25, -0.2) is 4.79 Å². The van der Waals surface area contributed by atoms with Gasteiger partial charge in [-0.2, -0.15) is 0 Å². The molecule has 0 unspecified atom stereocenters. The SMILES string of the molecule is O=C(O)C1(Nc2ccc([N+](=O)[O-])cc2I)CCC1. The van der Waals surface area contributed by atoms with Crippen LogP contribution in [0.25, 0.3) is 0 Å². The molecular weight excluding hydrogens is 351 g/mol. The number of anilines is 1. The predicted molar refractivity (Wildman–Crippen MR) is 73.7 cm³/mol. The highest BCUT2D eigenvalue weighted by molar-refractivity contribution is 14.1. The summed E-state index contributed by atoms with van der Waals surface area (Å²) in [7, 11) is 0. The van der Waals surface area contributed by atoms with Crippen molar-refractivity contribution in [2.24, 2.45) is 0 Å². The van der Waals surface area contributed by atoms with Crippen molar-refractivity contribution in [1.82, 2.24) is 0 Å². The molecule has 1 aliphatic carbocycles. The standard InChI is InChI=1S/C11H11IN2O4/c12-8-6-7(14(17)18)2-3-9(8)13-11(10(15)16)4-1-5-11/h2-3,6,13H,1,4-5H2,(H,15,16). The molecule has 6 nitrogen and oxygen atoms in total. The van der Waals surface area contributed by atoms with Crippen molar-refractivity contribution in [2.45, 2.75) is 24.8 Å². The number of hydrogen-bond donors (Lipinski definition) is 2. The minimum atomic E-state index is -0.907.